The molecule has 0 aliphatic rings. The largest absolute Gasteiger partial charge is 0.385 e. The van der Waals surface area contributed by atoms with Gasteiger partial charge in [0.05, 0.1) is 12.2 Å². The van der Waals surface area contributed by atoms with Crippen LogP contribution in [0.4, 0.5) is 70.2 Å². The van der Waals surface area contributed by atoms with Crippen molar-refractivity contribution in [3.8, 4) is 0 Å². The minimum Gasteiger partial charge on any atom is -0.195 e. The second-order valence-corrected chi connectivity index (χ2v) is 4.41. The van der Waals surface area contributed by atoms with Gasteiger partial charge in [-0.15, -0.1) is 0 Å². The van der Waals surface area contributed by atoms with Gasteiger partial charge in [-0.3, -0.25) is 0 Å². The molecule has 0 heterocycles. The molecular formula is C10H2F16. The summed E-state index contributed by atoms with van der Waals surface area (Å²) < 4.78 is 201. The quantitative estimate of drug-likeness (QED) is 0.416. The topological polar surface area (TPSA) is 0 Å². The molecule has 0 saturated heterocycles. The molecule has 0 spiro atoms. The van der Waals surface area contributed by atoms with Gasteiger partial charge in [0.25, 0.3) is 12.2 Å². The molecule has 0 radical (unpaired) electrons. The number of alkyl halides is 12. The van der Waals surface area contributed by atoms with Crippen molar-refractivity contribution in [3.05, 3.63) is 24.3 Å². The zero-order valence-electron chi connectivity index (χ0n) is 11.2. The molecule has 0 saturated carbocycles. The molecule has 0 nitrogen and oxygen atoms in total. The summed E-state index contributed by atoms with van der Waals surface area (Å²) in [4.78, 5) is 0. The molecule has 0 aromatic rings. The lowest BCUT2D eigenvalue weighted by atomic mass is 9.91. The Morgan fingerprint density at radius 2 is 0.577 bits per heavy atom. The van der Waals surface area contributed by atoms with E-state index in [1.54, 1.807) is 0 Å². The molecule has 26 heavy (non-hydrogen) atoms. The van der Waals surface area contributed by atoms with E-state index in [0.717, 1.165) is 0 Å². The van der Waals surface area contributed by atoms with Gasteiger partial charge in [-0.05, 0) is 0 Å². The van der Waals surface area contributed by atoms with Crippen molar-refractivity contribution in [1.29, 1.82) is 0 Å². The van der Waals surface area contributed by atoms with Crippen LogP contribution in [0.1, 0.15) is 0 Å². The number of halogens is 16. The van der Waals surface area contributed by atoms with Crippen LogP contribution in [0, 0.1) is 0 Å². The summed E-state index contributed by atoms with van der Waals surface area (Å²) in [7, 11) is 0. The van der Waals surface area contributed by atoms with Crippen LogP contribution in [0.25, 0.3) is 0 Å². The molecular weight excluding hydrogens is 424 g/mol. The first-order valence-corrected chi connectivity index (χ1v) is 5.43. The highest BCUT2D eigenvalue weighted by Crippen LogP contribution is 2.60. The molecule has 0 aromatic carbocycles. The molecule has 0 fully saturated rings. The van der Waals surface area contributed by atoms with Gasteiger partial charge in [0, 0.05) is 0 Å². The van der Waals surface area contributed by atoms with Crippen LogP contribution in [0.2, 0.25) is 0 Å². The Kier molecular flexibility index (Phi) is 6.10. The lowest BCUT2D eigenvalue weighted by molar-refractivity contribution is -0.415. The highest BCUT2D eigenvalue weighted by Gasteiger charge is 2.89. The molecule has 154 valence electrons. The van der Waals surface area contributed by atoms with Crippen LogP contribution in [0.3, 0.4) is 0 Å². The standard InChI is InChI=1S/C10H2F16/c11-3(12)1-5(15,16)7(19,20)9(23,24)10(25,26)8(21,22)6(17,18)2-4(13)14/h1-2H. The van der Waals surface area contributed by atoms with Gasteiger partial charge in [-0.1, -0.05) is 0 Å². The lowest BCUT2D eigenvalue weighted by Crippen LogP contribution is -2.70. The number of hydrogen-bond donors (Lipinski definition) is 0. The fourth-order valence-electron chi connectivity index (χ4n) is 1.27. The molecule has 0 aliphatic carbocycles. The average Bonchev–Trinajstić information content (AvgIpc) is 2.34. The highest BCUT2D eigenvalue weighted by atomic mass is 19.4. The van der Waals surface area contributed by atoms with E-state index in [2.05, 4.69) is 0 Å². The number of rotatable bonds is 7. The van der Waals surface area contributed by atoms with E-state index < -0.39 is 59.8 Å². The van der Waals surface area contributed by atoms with Crippen LogP contribution in [0.15, 0.2) is 24.3 Å². The van der Waals surface area contributed by atoms with Crippen molar-refractivity contribution < 1.29 is 70.2 Å². The van der Waals surface area contributed by atoms with Crippen molar-refractivity contribution in [3.63, 3.8) is 0 Å². The minimum absolute atomic E-state index is 2.31. The first-order chi connectivity index (χ1) is 11.1. The Labute approximate surface area is 131 Å². The fourth-order valence-corrected chi connectivity index (χ4v) is 1.27. The second-order valence-electron chi connectivity index (χ2n) is 4.41. The summed E-state index contributed by atoms with van der Waals surface area (Å²) in [6.45, 7) is 0. The van der Waals surface area contributed by atoms with Crippen LogP contribution in [0.5, 0.6) is 0 Å². The second kappa shape index (κ2) is 6.51. The summed E-state index contributed by atoms with van der Waals surface area (Å²) in [5.41, 5.74) is 0. The molecule has 0 unspecified atom stereocenters. The third-order valence-electron chi connectivity index (χ3n) is 2.60. The fraction of sp³-hybridized carbons (Fsp3) is 0.600. The summed E-state index contributed by atoms with van der Waals surface area (Å²) in [6, 6.07) is 0. The monoisotopic (exact) mass is 426 g/mol. The Bertz CT molecular complexity index is 522. The van der Waals surface area contributed by atoms with E-state index in [1.807, 2.05) is 0 Å². The predicted octanol–water partition coefficient (Wildman–Crippen LogP) is 6.36. The molecule has 0 amide bonds. The van der Waals surface area contributed by atoms with Crippen LogP contribution in [-0.4, -0.2) is 35.5 Å². The Morgan fingerprint density at radius 1 is 0.385 bits per heavy atom. The van der Waals surface area contributed by atoms with Crippen LogP contribution < -0.4 is 0 Å². The highest BCUT2D eigenvalue weighted by molar-refractivity contribution is 5.18. The summed E-state index contributed by atoms with van der Waals surface area (Å²) >= 11 is 0. The van der Waals surface area contributed by atoms with E-state index in [-0.39, 0.29) is 0 Å². The van der Waals surface area contributed by atoms with Gasteiger partial charge in [0.2, 0.25) is 0 Å². The predicted molar refractivity (Wildman–Crippen MR) is 50.3 cm³/mol. The molecule has 0 N–H and O–H groups in total. The summed E-state index contributed by atoms with van der Waals surface area (Å²) in [6.07, 6.45) is -12.3. The molecule has 0 atom stereocenters. The van der Waals surface area contributed by atoms with Crippen molar-refractivity contribution in [1.82, 2.24) is 0 Å². The van der Waals surface area contributed by atoms with Gasteiger partial charge in [0.1, 0.15) is 0 Å². The third-order valence-corrected chi connectivity index (χ3v) is 2.60. The van der Waals surface area contributed by atoms with Gasteiger partial charge < -0.3 is 0 Å². The van der Waals surface area contributed by atoms with Crippen molar-refractivity contribution in [2.45, 2.75) is 35.5 Å². The van der Waals surface area contributed by atoms with E-state index in [9.17, 15) is 70.2 Å². The first kappa shape index (κ1) is 24.4. The molecule has 16 heteroatoms. The SMILES string of the molecule is FC(F)=CC(F)(F)C(F)(F)C(F)(F)C(F)(F)C(F)(F)C(F)(F)C=C(F)F. The lowest BCUT2D eigenvalue weighted by Gasteiger charge is -2.40. The van der Waals surface area contributed by atoms with Gasteiger partial charge in [-0.2, -0.15) is 70.2 Å². The Morgan fingerprint density at radius 3 is 0.731 bits per heavy atom. The summed E-state index contributed by atoms with van der Waals surface area (Å²) in [5.74, 6) is -45.6. The minimum atomic E-state index is -8.11. The zero-order valence-corrected chi connectivity index (χ0v) is 11.2. The Balaban J connectivity index is 6.50. The van der Waals surface area contributed by atoms with E-state index >= 15 is 0 Å². The molecule has 0 bridgehead atoms. The molecule has 0 aromatic heterocycles. The van der Waals surface area contributed by atoms with E-state index in [0.29, 0.717) is 0 Å². The van der Waals surface area contributed by atoms with Crippen LogP contribution in [-0.2, 0) is 0 Å². The smallest absolute Gasteiger partial charge is 0.195 e. The molecule has 0 rings (SSSR count). The number of hydrogen-bond acceptors (Lipinski definition) is 0. The maximum atomic E-state index is 13.0. The Hall–Kier alpha value is -1.64. The van der Waals surface area contributed by atoms with Crippen molar-refractivity contribution in [2.75, 3.05) is 0 Å². The number of allylic oxidation sites excluding steroid dienone is 2. The van der Waals surface area contributed by atoms with Crippen LogP contribution >= 0.6 is 0 Å². The maximum absolute atomic E-state index is 13.0. The van der Waals surface area contributed by atoms with E-state index in [1.165, 1.54) is 0 Å². The first-order valence-electron chi connectivity index (χ1n) is 5.43. The third kappa shape index (κ3) is 3.58. The van der Waals surface area contributed by atoms with Gasteiger partial charge in [-0.25, -0.2) is 0 Å². The maximum Gasteiger partial charge on any atom is 0.385 e. The summed E-state index contributed by atoms with van der Waals surface area (Å²) in [5, 5.41) is 0. The average molecular weight is 426 g/mol. The van der Waals surface area contributed by atoms with E-state index in [4.69, 9.17) is 0 Å². The van der Waals surface area contributed by atoms with Gasteiger partial charge in [0.15, 0.2) is 0 Å². The normalized spacial score (nSPS) is 14.9. The zero-order chi connectivity index (χ0) is 21.6. The molecule has 0 aliphatic heterocycles. The van der Waals surface area contributed by atoms with Gasteiger partial charge >= 0.3 is 35.5 Å². The van der Waals surface area contributed by atoms with Crippen molar-refractivity contribution in [2.24, 2.45) is 0 Å². The van der Waals surface area contributed by atoms with Crippen molar-refractivity contribution >= 4 is 0 Å².